The molecule has 1 spiro atoms. The number of piperidine rings is 1. The van der Waals surface area contributed by atoms with Gasteiger partial charge in [0.15, 0.2) is 5.79 Å². The van der Waals surface area contributed by atoms with Crippen molar-refractivity contribution in [2.45, 2.75) is 51.4 Å². The third-order valence-electron chi connectivity index (χ3n) is 6.94. The van der Waals surface area contributed by atoms with Gasteiger partial charge in [-0.2, -0.15) is 13.2 Å². The summed E-state index contributed by atoms with van der Waals surface area (Å²) in [5, 5.41) is 2.50. The molecule has 0 saturated carbocycles. The molecule has 1 aromatic heterocycles. The highest BCUT2D eigenvalue weighted by Gasteiger charge is 2.41. The van der Waals surface area contributed by atoms with Crippen molar-refractivity contribution in [3.05, 3.63) is 86.9 Å². The summed E-state index contributed by atoms with van der Waals surface area (Å²) >= 11 is 1.39. The average molecular weight is 546 g/mol. The summed E-state index contributed by atoms with van der Waals surface area (Å²) in [6.45, 7) is 5.52. The Labute approximate surface area is 224 Å². The fourth-order valence-electron chi connectivity index (χ4n) is 4.89. The molecule has 1 amide bonds. The van der Waals surface area contributed by atoms with Gasteiger partial charge in [0.05, 0.1) is 25.3 Å². The third kappa shape index (κ3) is 6.43. The number of carbonyl (C=O) groups is 1. The molecule has 2 saturated heterocycles. The summed E-state index contributed by atoms with van der Waals surface area (Å²) in [5.41, 5.74) is 2.48. The molecule has 2 aromatic carbocycles. The molecule has 10 heteroatoms. The lowest BCUT2D eigenvalue weighted by atomic mass is 10.0. The number of rotatable bonds is 7. The van der Waals surface area contributed by atoms with Gasteiger partial charge in [-0.1, -0.05) is 48.0 Å². The molecule has 0 radical (unpaired) electrons. The average Bonchev–Trinajstić information content (AvgIpc) is 3.55. The first kappa shape index (κ1) is 26.8. The van der Waals surface area contributed by atoms with Crippen molar-refractivity contribution >= 4 is 17.2 Å². The molecule has 2 aliphatic heterocycles. The normalized spacial score (nSPS) is 17.4. The number of nitrogens with zero attached hydrogens (tertiary/aromatic N) is 3. The molecule has 38 heavy (non-hydrogen) atoms. The van der Waals surface area contributed by atoms with Gasteiger partial charge in [0.1, 0.15) is 10.7 Å². The second kappa shape index (κ2) is 11.1. The fourth-order valence-corrected chi connectivity index (χ4v) is 5.70. The Kier molecular flexibility index (Phi) is 7.85. The largest absolute Gasteiger partial charge is 0.416 e. The SMILES string of the molecule is Cc1ccc(CN(Cc2cccc(C(F)(F)F)c2)Cc2nc(C(=O)N3CCC4(CC3)OCCO4)cs2)cc1. The van der Waals surface area contributed by atoms with E-state index >= 15 is 0 Å². The minimum absolute atomic E-state index is 0.122. The van der Waals surface area contributed by atoms with Crippen LogP contribution in [0.15, 0.2) is 53.9 Å². The van der Waals surface area contributed by atoms with Crippen molar-refractivity contribution in [2.24, 2.45) is 0 Å². The number of likely N-dealkylation sites (tertiary alicyclic amines) is 1. The zero-order chi connectivity index (χ0) is 26.8. The Hall–Kier alpha value is -2.79. The molecule has 202 valence electrons. The number of hydrogen-bond donors (Lipinski definition) is 0. The van der Waals surface area contributed by atoms with Gasteiger partial charge in [-0.05, 0) is 24.1 Å². The number of ether oxygens (including phenoxy) is 2. The quantitative estimate of drug-likeness (QED) is 0.384. The number of aromatic nitrogens is 1. The van der Waals surface area contributed by atoms with Crippen LogP contribution in [0.1, 0.15) is 50.6 Å². The van der Waals surface area contributed by atoms with Crippen LogP contribution in [0.5, 0.6) is 0 Å². The smallest absolute Gasteiger partial charge is 0.347 e. The first-order valence-electron chi connectivity index (χ1n) is 12.6. The van der Waals surface area contributed by atoms with Crippen LogP contribution in [0.4, 0.5) is 13.2 Å². The summed E-state index contributed by atoms with van der Waals surface area (Å²) in [6, 6.07) is 13.5. The molecular formula is C28H30F3N3O3S. The number of alkyl halides is 3. The van der Waals surface area contributed by atoms with Crippen molar-refractivity contribution in [1.29, 1.82) is 0 Å². The monoisotopic (exact) mass is 545 g/mol. The van der Waals surface area contributed by atoms with Crippen LogP contribution in [0.25, 0.3) is 0 Å². The van der Waals surface area contributed by atoms with Gasteiger partial charge in [0.25, 0.3) is 5.91 Å². The molecule has 2 fully saturated rings. The van der Waals surface area contributed by atoms with E-state index in [1.807, 2.05) is 36.1 Å². The van der Waals surface area contributed by atoms with Crippen LogP contribution >= 0.6 is 11.3 Å². The van der Waals surface area contributed by atoms with E-state index < -0.39 is 17.5 Å². The van der Waals surface area contributed by atoms with Crippen LogP contribution in [0.3, 0.4) is 0 Å². The van der Waals surface area contributed by atoms with Crippen molar-refractivity contribution in [1.82, 2.24) is 14.8 Å². The molecule has 0 aliphatic carbocycles. The second-order valence-corrected chi connectivity index (χ2v) is 10.8. The van der Waals surface area contributed by atoms with E-state index in [9.17, 15) is 18.0 Å². The lowest BCUT2D eigenvalue weighted by molar-refractivity contribution is -0.181. The number of carbonyl (C=O) groups excluding carboxylic acids is 1. The number of halogens is 3. The Morgan fingerprint density at radius 1 is 1.03 bits per heavy atom. The van der Waals surface area contributed by atoms with Crippen molar-refractivity contribution in [3.63, 3.8) is 0 Å². The highest BCUT2D eigenvalue weighted by atomic mass is 32.1. The second-order valence-electron chi connectivity index (χ2n) is 9.86. The van der Waals surface area contributed by atoms with Gasteiger partial charge in [-0.3, -0.25) is 9.69 Å². The highest BCUT2D eigenvalue weighted by Crippen LogP contribution is 2.32. The minimum Gasteiger partial charge on any atom is -0.347 e. The Morgan fingerprint density at radius 2 is 1.71 bits per heavy atom. The predicted octanol–water partition coefficient (Wildman–Crippen LogP) is 5.65. The van der Waals surface area contributed by atoms with Crippen molar-refractivity contribution in [2.75, 3.05) is 26.3 Å². The third-order valence-corrected chi connectivity index (χ3v) is 7.78. The van der Waals surface area contributed by atoms with Gasteiger partial charge in [-0.25, -0.2) is 4.98 Å². The van der Waals surface area contributed by atoms with Crippen LogP contribution in [-0.4, -0.2) is 52.8 Å². The topological polar surface area (TPSA) is 54.9 Å². The fraction of sp³-hybridized carbons (Fsp3) is 0.429. The van der Waals surface area contributed by atoms with E-state index in [2.05, 4.69) is 4.98 Å². The van der Waals surface area contributed by atoms with Crippen LogP contribution in [-0.2, 0) is 35.3 Å². The highest BCUT2D eigenvalue weighted by molar-refractivity contribution is 7.09. The lowest BCUT2D eigenvalue weighted by Crippen LogP contribution is -2.47. The van der Waals surface area contributed by atoms with Crippen LogP contribution < -0.4 is 0 Å². The first-order valence-corrected chi connectivity index (χ1v) is 13.5. The maximum atomic E-state index is 13.3. The van der Waals surface area contributed by atoms with Gasteiger partial charge in [0.2, 0.25) is 0 Å². The van der Waals surface area contributed by atoms with E-state index in [1.165, 1.54) is 23.5 Å². The van der Waals surface area contributed by atoms with Crippen molar-refractivity contribution < 1.29 is 27.4 Å². The Balaban J connectivity index is 1.28. The molecule has 2 aliphatic rings. The first-order chi connectivity index (χ1) is 18.2. The Bertz CT molecular complexity index is 1250. The van der Waals surface area contributed by atoms with Gasteiger partial charge in [-0.15, -0.1) is 11.3 Å². The molecule has 0 atom stereocenters. The summed E-state index contributed by atoms with van der Waals surface area (Å²) in [4.78, 5) is 21.6. The van der Waals surface area contributed by atoms with E-state index in [0.29, 0.717) is 70.0 Å². The summed E-state index contributed by atoms with van der Waals surface area (Å²) in [7, 11) is 0. The summed E-state index contributed by atoms with van der Waals surface area (Å²) in [6.07, 6.45) is -3.12. The molecule has 0 unspecified atom stereocenters. The summed E-state index contributed by atoms with van der Waals surface area (Å²) < 4.78 is 51.4. The molecule has 6 nitrogen and oxygen atoms in total. The molecule has 0 bridgehead atoms. The number of hydrogen-bond acceptors (Lipinski definition) is 6. The van der Waals surface area contributed by atoms with Gasteiger partial charge in [0, 0.05) is 44.4 Å². The van der Waals surface area contributed by atoms with Gasteiger partial charge >= 0.3 is 6.18 Å². The maximum absolute atomic E-state index is 13.3. The minimum atomic E-state index is -4.40. The van der Waals surface area contributed by atoms with Crippen LogP contribution in [0.2, 0.25) is 0 Å². The molecule has 0 N–H and O–H groups in total. The number of benzene rings is 2. The molecule has 3 aromatic rings. The van der Waals surface area contributed by atoms with Crippen LogP contribution in [0, 0.1) is 6.92 Å². The number of aryl methyl sites for hydroxylation is 1. The Morgan fingerprint density at radius 3 is 2.39 bits per heavy atom. The zero-order valence-electron chi connectivity index (χ0n) is 21.2. The molecule has 3 heterocycles. The van der Waals surface area contributed by atoms with E-state index in [1.54, 1.807) is 16.3 Å². The molecular weight excluding hydrogens is 515 g/mol. The summed E-state index contributed by atoms with van der Waals surface area (Å²) in [5.74, 6) is -0.674. The predicted molar refractivity (Wildman–Crippen MR) is 137 cm³/mol. The number of thiazole rings is 1. The van der Waals surface area contributed by atoms with E-state index in [-0.39, 0.29) is 5.91 Å². The van der Waals surface area contributed by atoms with Gasteiger partial charge < -0.3 is 14.4 Å². The number of amides is 1. The van der Waals surface area contributed by atoms with Crippen molar-refractivity contribution in [3.8, 4) is 0 Å². The van der Waals surface area contributed by atoms with E-state index in [0.717, 1.165) is 22.2 Å². The standard InChI is InChI=1S/C28H30F3N3O3S/c1-20-5-7-21(8-6-20)16-33(17-22-3-2-4-23(15-22)28(29,30)31)18-25-32-24(19-38-25)26(35)34-11-9-27(10-12-34)36-13-14-37-27/h2-8,15,19H,9-14,16-18H2,1H3. The maximum Gasteiger partial charge on any atom is 0.416 e. The lowest BCUT2D eigenvalue weighted by Gasteiger charge is -2.37. The van der Waals surface area contributed by atoms with E-state index in [4.69, 9.17) is 9.47 Å². The zero-order valence-corrected chi connectivity index (χ0v) is 22.0. The molecule has 5 rings (SSSR count).